The Kier molecular flexibility index (Phi) is 12.5. The second-order valence-electron chi connectivity index (χ2n) is 4.43. The first-order chi connectivity index (χ1) is 12.1. The molecule has 0 amide bonds. The van der Waals surface area contributed by atoms with Gasteiger partial charge >= 0.3 is 0 Å². The number of aliphatic imine (C=N–C) groups is 1. The molecule has 0 atom stereocenters. The van der Waals surface area contributed by atoms with Gasteiger partial charge in [0, 0.05) is 16.7 Å². The fourth-order valence-electron chi connectivity index (χ4n) is 1.93. The molecular formula is C19H18BrF2NO2. The van der Waals surface area contributed by atoms with Gasteiger partial charge in [0.15, 0.2) is 0 Å². The predicted molar refractivity (Wildman–Crippen MR) is 99.7 cm³/mol. The Labute approximate surface area is 154 Å². The molecule has 0 radical (unpaired) electrons. The van der Waals surface area contributed by atoms with Gasteiger partial charge < -0.3 is 5.11 Å². The average molecular weight is 410 g/mol. The first-order valence-corrected chi connectivity index (χ1v) is 7.99. The van der Waals surface area contributed by atoms with Crippen molar-refractivity contribution in [3.05, 3.63) is 70.2 Å². The van der Waals surface area contributed by atoms with Gasteiger partial charge in [-0.2, -0.15) is 0 Å². The van der Waals surface area contributed by atoms with Crippen molar-refractivity contribution in [3.63, 3.8) is 0 Å². The fraction of sp³-hybridized carbons (Fsp3) is 0.158. The second-order valence-corrected chi connectivity index (χ2v) is 5.35. The maximum Gasteiger partial charge on any atom is 0.290 e. The van der Waals surface area contributed by atoms with Crippen LogP contribution < -0.4 is 0 Å². The predicted octanol–water partition coefficient (Wildman–Crippen LogP) is 4.95. The summed E-state index contributed by atoms with van der Waals surface area (Å²) in [6.45, 7) is 0.434. The first-order valence-electron chi connectivity index (χ1n) is 7.19. The summed E-state index contributed by atoms with van der Waals surface area (Å²) < 4.78 is 27.5. The van der Waals surface area contributed by atoms with E-state index in [9.17, 15) is 8.78 Å². The Balaban J connectivity index is 0.000000406. The first kappa shape index (κ1) is 22.5. The lowest BCUT2D eigenvalue weighted by Crippen LogP contribution is -2.03. The van der Waals surface area contributed by atoms with Crippen molar-refractivity contribution in [2.24, 2.45) is 4.99 Å². The van der Waals surface area contributed by atoms with Gasteiger partial charge in [-0.15, -0.1) is 12.8 Å². The van der Waals surface area contributed by atoms with Crippen molar-refractivity contribution in [1.82, 2.24) is 0 Å². The number of halogens is 3. The Bertz CT molecular complexity index is 668. The van der Waals surface area contributed by atoms with Gasteiger partial charge in [0.25, 0.3) is 6.47 Å². The maximum atomic E-state index is 13.2. The van der Waals surface area contributed by atoms with E-state index >= 15 is 0 Å². The summed E-state index contributed by atoms with van der Waals surface area (Å²) in [5, 5.41) is 6.89. The summed E-state index contributed by atoms with van der Waals surface area (Å²) >= 11 is 3.31. The van der Waals surface area contributed by atoms with Gasteiger partial charge in [-0.25, -0.2) is 8.78 Å². The van der Waals surface area contributed by atoms with Crippen molar-refractivity contribution in [2.75, 3.05) is 6.54 Å². The Hall–Kier alpha value is -2.52. The van der Waals surface area contributed by atoms with E-state index in [0.29, 0.717) is 18.7 Å². The molecule has 2 aromatic carbocycles. The third-order valence-electron chi connectivity index (χ3n) is 2.86. The van der Waals surface area contributed by atoms with Gasteiger partial charge in [0.05, 0.1) is 5.56 Å². The van der Waals surface area contributed by atoms with Gasteiger partial charge in [0.1, 0.15) is 11.6 Å². The minimum atomic E-state index is -0.513. The van der Waals surface area contributed by atoms with Crippen LogP contribution in [0.3, 0.4) is 0 Å². The van der Waals surface area contributed by atoms with Gasteiger partial charge in [-0.3, -0.25) is 9.79 Å². The van der Waals surface area contributed by atoms with E-state index < -0.39 is 11.6 Å². The number of nitrogens with zero attached hydrogens (tertiary/aromatic N) is 1. The number of terminal acetylenes is 1. The highest BCUT2D eigenvalue weighted by Crippen LogP contribution is 2.19. The summed E-state index contributed by atoms with van der Waals surface area (Å²) in [5.41, 5.74) is 0.621. The van der Waals surface area contributed by atoms with Crippen LogP contribution >= 0.6 is 15.9 Å². The molecule has 3 nitrogen and oxygen atoms in total. The smallest absolute Gasteiger partial charge is 0.290 e. The van der Waals surface area contributed by atoms with Crippen molar-refractivity contribution < 1.29 is 18.7 Å². The highest BCUT2D eigenvalue weighted by molar-refractivity contribution is 9.10. The molecular weight excluding hydrogens is 392 g/mol. The lowest BCUT2D eigenvalue weighted by atomic mass is 10.1. The van der Waals surface area contributed by atoms with Crippen LogP contribution in [0.5, 0.6) is 0 Å². The molecule has 0 aliphatic carbocycles. The number of benzene rings is 2. The van der Waals surface area contributed by atoms with Crippen molar-refractivity contribution >= 4 is 28.1 Å². The highest BCUT2D eigenvalue weighted by atomic mass is 79.9. The SMILES string of the molecule is Brc1ccccc1.C#C.Fc1cccc(F)c1C1=NCCC1.O=CO. The molecule has 1 N–H and O–H groups in total. The Morgan fingerprint density at radius 3 is 1.92 bits per heavy atom. The largest absolute Gasteiger partial charge is 0.483 e. The van der Waals surface area contributed by atoms with E-state index in [2.05, 4.69) is 33.8 Å². The molecule has 1 heterocycles. The molecule has 25 heavy (non-hydrogen) atoms. The molecule has 0 aromatic heterocycles. The van der Waals surface area contributed by atoms with E-state index in [1.807, 2.05) is 30.3 Å². The molecule has 0 saturated carbocycles. The lowest BCUT2D eigenvalue weighted by molar-refractivity contribution is -0.122. The monoisotopic (exact) mass is 409 g/mol. The van der Waals surface area contributed by atoms with Crippen LogP contribution in [0, 0.1) is 24.5 Å². The number of carbonyl (C=O) groups is 1. The van der Waals surface area contributed by atoms with E-state index in [1.54, 1.807) is 0 Å². The van der Waals surface area contributed by atoms with E-state index in [1.165, 1.54) is 18.2 Å². The molecule has 0 bridgehead atoms. The number of hydrogen-bond donors (Lipinski definition) is 1. The summed E-state index contributed by atoms with van der Waals surface area (Å²) in [6, 6.07) is 13.9. The van der Waals surface area contributed by atoms with Crippen LogP contribution in [0.25, 0.3) is 0 Å². The summed E-state index contributed by atoms with van der Waals surface area (Å²) in [7, 11) is 0. The van der Waals surface area contributed by atoms with Crippen molar-refractivity contribution in [1.29, 1.82) is 0 Å². The summed E-state index contributed by atoms with van der Waals surface area (Å²) in [5.74, 6) is -1.03. The third-order valence-corrected chi connectivity index (χ3v) is 3.39. The average Bonchev–Trinajstić information content (AvgIpc) is 3.13. The van der Waals surface area contributed by atoms with Crippen LogP contribution in [0.15, 0.2) is 58.0 Å². The number of hydrogen-bond acceptors (Lipinski definition) is 2. The zero-order valence-electron chi connectivity index (χ0n) is 13.4. The van der Waals surface area contributed by atoms with E-state index in [4.69, 9.17) is 9.90 Å². The van der Waals surface area contributed by atoms with Crippen LogP contribution in [0.4, 0.5) is 8.78 Å². The molecule has 132 valence electrons. The molecule has 0 saturated heterocycles. The van der Waals surface area contributed by atoms with Gasteiger partial charge in [-0.05, 0) is 37.1 Å². The quantitative estimate of drug-likeness (QED) is 0.535. The molecule has 0 unspecified atom stereocenters. The molecule has 1 aliphatic rings. The minimum absolute atomic E-state index is 0.0556. The molecule has 2 aromatic rings. The van der Waals surface area contributed by atoms with Crippen molar-refractivity contribution in [2.45, 2.75) is 12.8 Å². The van der Waals surface area contributed by atoms with Crippen LogP contribution in [-0.2, 0) is 4.79 Å². The van der Waals surface area contributed by atoms with Crippen molar-refractivity contribution in [3.8, 4) is 12.8 Å². The Morgan fingerprint density at radius 2 is 1.56 bits per heavy atom. The van der Waals surface area contributed by atoms with Crippen LogP contribution in [0.2, 0.25) is 0 Å². The van der Waals surface area contributed by atoms with Gasteiger partial charge in [0.2, 0.25) is 0 Å². The number of carboxylic acid groups (broad SMARTS) is 1. The van der Waals surface area contributed by atoms with E-state index in [-0.39, 0.29) is 12.0 Å². The fourth-order valence-corrected chi connectivity index (χ4v) is 2.24. The zero-order valence-corrected chi connectivity index (χ0v) is 15.0. The van der Waals surface area contributed by atoms with Gasteiger partial charge in [-0.1, -0.05) is 40.2 Å². The Morgan fingerprint density at radius 1 is 1.04 bits per heavy atom. The normalized spacial score (nSPS) is 11.3. The minimum Gasteiger partial charge on any atom is -0.483 e. The summed E-state index contributed by atoms with van der Waals surface area (Å²) in [4.78, 5) is 12.4. The molecule has 6 heteroatoms. The zero-order chi connectivity index (χ0) is 19.1. The molecule has 3 rings (SSSR count). The second kappa shape index (κ2) is 13.9. The lowest BCUT2D eigenvalue weighted by Gasteiger charge is -2.03. The highest BCUT2D eigenvalue weighted by Gasteiger charge is 2.16. The van der Waals surface area contributed by atoms with Crippen LogP contribution in [0.1, 0.15) is 18.4 Å². The topological polar surface area (TPSA) is 49.7 Å². The maximum absolute atomic E-state index is 13.2. The molecule has 0 fully saturated rings. The number of rotatable bonds is 1. The third kappa shape index (κ3) is 8.77. The molecule has 0 spiro atoms. The molecule has 1 aliphatic heterocycles. The standard InChI is InChI=1S/C10H9F2N.C6H5Br.C2H2.CH2O2/c11-7-3-1-4-8(12)10(7)9-5-2-6-13-9;7-6-4-2-1-3-5-6;1-2;2-1-3/h1,3-4H,2,5-6H2;1-5H;1-2H;1H,(H,2,3). The van der Waals surface area contributed by atoms with Crippen LogP contribution in [-0.4, -0.2) is 23.8 Å². The van der Waals surface area contributed by atoms with E-state index in [0.717, 1.165) is 10.9 Å². The summed E-state index contributed by atoms with van der Waals surface area (Å²) in [6.07, 6.45) is 9.57.